The number of para-hydroxylation sites is 2. The number of nitrogens with zero attached hydrogens (tertiary/aromatic N) is 2. The number of anilines is 1. The first-order valence-corrected chi connectivity index (χ1v) is 9.00. The van der Waals surface area contributed by atoms with Crippen LogP contribution >= 0.6 is 0 Å². The average molecular weight is 383 g/mol. The lowest BCUT2D eigenvalue weighted by molar-refractivity contribution is -0.384. The Bertz CT molecular complexity index is 863. The van der Waals surface area contributed by atoms with Crippen LogP contribution < -0.4 is 10.6 Å². The molecule has 0 aliphatic carbocycles. The number of benzene rings is 2. The molecular weight excluding hydrogens is 362 g/mol. The second-order valence-corrected chi connectivity index (χ2v) is 6.64. The highest BCUT2D eigenvalue weighted by Crippen LogP contribution is 2.32. The van der Waals surface area contributed by atoms with E-state index >= 15 is 0 Å². The molecule has 1 aliphatic rings. The molecular formula is C20H21N3O5. The van der Waals surface area contributed by atoms with Crippen LogP contribution in [0.2, 0.25) is 0 Å². The molecule has 2 N–H and O–H groups in total. The summed E-state index contributed by atoms with van der Waals surface area (Å²) in [6.07, 6.45) is -0.169. The second kappa shape index (κ2) is 8.51. The zero-order valence-corrected chi connectivity index (χ0v) is 15.2. The number of hydrogen-bond donors (Lipinski definition) is 1. The monoisotopic (exact) mass is 383 g/mol. The minimum Gasteiger partial charge on any atom is -0.447 e. The molecule has 8 nitrogen and oxygen atoms in total. The number of hydrogen-bond acceptors (Lipinski definition) is 6. The van der Waals surface area contributed by atoms with E-state index < -0.39 is 22.9 Å². The maximum absolute atomic E-state index is 12.5. The third kappa shape index (κ3) is 4.28. The number of nitrogens with two attached hydrogens (primary N) is 1. The Morgan fingerprint density at radius 1 is 1.07 bits per heavy atom. The van der Waals surface area contributed by atoms with Crippen molar-refractivity contribution in [1.29, 1.82) is 0 Å². The van der Waals surface area contributed by atoms with Gasteiger partial charge in [0.25, 0.3) is 11.6 Å². The third-order valence-corrected chi connectivity index (χ3v) is 4.84. The molecule has 1 unspecified atom stereocenters. The number of esters is 1. The largest absolute Gasteiger partial charge is 0.447 e. The Labute approximate surface area is 162 Å². The van der Waals surface area contributed by atoms with Gasteiger partial charge in [-0.05, 0) is 18.9 Å². The zero-order valence-electron chi connectivity index (χ0n) is 15.2. The molecule has 1 atom stereocenters. The summed E-state index contributed by atoms with van der Waals surface area (Å²) in [6, 6.07) is 15.2. The van der Waals surface area contributed by atoms with Gasteiger partial charge >= 0.3 is 5.97 Å². The summed E-state index contributed by atoms with van der Waals surface area (Å²) in [5, 5.41) is 11.2. The molecule has 0 radical (unpaired) electrons. The van der Waals surface area contributed by atoms with Gasteiger partial charge in [-0.25, -0.2) is 0 Å². The molecule has 0 bridgehead atoms. The normalized spacial score (nSPS) is 15.6. The molecule has 28 heavy (non-hydrogen) atoms. The minimum atomic E-state index is -1.12. The molecule has 1 heterocycles. The van der Waals surface area contributed by atoms with Gasteiger partial charge in [-0.2, -0.15) is 0 Å². The van der Waals surface area contributed by atoms with Crippen molar-refractivity contribution in [3.05, 3.63) is 70.3 Å². The van der Waals surface area contributed by atoms with Gasteiger partial charge in [0.05, 0.1) is 10.8 Å². The Morgan fingerprint density at radius 2 is 1.68 bits per heavy atom. The van der Waals surface area contributed by atoms with Crippen molar-refractivity contribution in [2.45, 2.75) is 18.9 Å². The molecule has 0 spiro atoms. The van der Waals surface area contributed by atoms with Gasteiger partial charge in [-0.3, -0.25) is 19.7 Å². The van der Waals surface area contributed by atoms with Crippen molar-refractivity contribution in [2.24, 2.45) is 11.7 Å². The Hall–Kier alpha value is -3.42. The van der Waals surface area contributed by atoms with Gasteiger partial charge in [0.15, 0.2) is 0 Å². The van der Waals surface area contributed by atoms with Crippen molar-refractivity contribution >= 4 is 23.3 Å². The lowest BCUT2D eigenvalue weighted by atomic mass is 9.96. The molecule has 1 saturated heterocycles. The first-order valence-electron chi connectivity index (χ1n) is 9.00. The van der Waals surface area contributed by atoms with Crippen molar-refractivity contribution in [1.82, 2.24) is 0 Å². The third-order valence-electron chi connectivity index (χ3n) is 4.84. The fourth-order valence-corrected chi connectivity index (χ4v) is 3.37. The number of nitro groups is 1. The first kappa shape index (κ1) is 19.3. The molecule has 1 fully saturated rings. The number of primary amides is 1. The number of ether oxygens (including phenoxy) is 1. The molecule has 2 aromatic rings. The van der Waals surface area contributed by atoms with Gasteiger partial charge in [0.1, 0.15) is 5.69 Å². The highest BCUT2D eigenvalue weighted by molar-refractivity contribution is 5.84. The highest BCUT2D eigenvalue weighted by Gasteiger charge is 2.32. The summed E-state index contributed by atoms with van der Waals surface area (Å²) in [6.45, 7) is 0.967. The maximum Gasteiger partial charge on any atom is 0.310 e. The highest BCUT2D eigenvalue weighted by atomic mass is 16.6. The molecule has 1 aliphatic heterocycles. The van der Waals surface area contributed by atoms with E-state index in [0.717, 1.165) is 0 Å². The van der Waals surface area contributed by atoms with Gasteiger partial charge in [0, 0.05) is 24.7 Å². The summed E-state index contributed by atoms with van der Waals surface area (Å²) in [5.74, 6) is -1.59. The van der Waals surface area contributed by atoms with Crippen molar-refractivity contribution in [3.63, 3.8) is 0 Å². The summed E-state index contributed by atoms with van der Waals surface area (Å²) in [4.78, 5) is 37.0. The molecule has 8 heteroatoms. The smallest absolute Gasteiger partial charge is 0.310 e. The zero-order chi connectivity index (χ0) is 20.1. The van der Waals surface area contributed by atoms with Gasteiger partial charge in [-0.15, -0.1) is 0 Å². The molecule has 3 rings (SSSR count). The number of piperidine rings is 1. The predicted octanol–water partition coefficient (Wildman–Crippen LogP) is 2.58. The Morgan fingerprint density at radius 3 is 2.29 bits per heavy atom. The fourth-order valence-electron chi connectivity index (χ4n) is 3.37. The predicted molar refractivity (Wildman–Crippen MR) is 103 cm³/mol. The summed E-state index contributed by atoms with van der Waals surface area (Å²) >= 11 is 0. The van der Waals surface area contributed by atoms with E-state index in [9.17, 15) is 19.7 Å². The molecule has 0 aromatic heterocycles. The second-order valence-electron chi connectivity index (χ2n) is 6.64. The number of carbonyl (C=O) groups is 2. The number of carbonyl (C=O) groups excluding carboxylic acids is 2. The quantitative estimate of drug-likeness (QED) is 0.466. The van der Waals surface area contributed by atoms with E-state index in [2.05, 4.69) is 0 Å². The fraction of sp³-hybridized carbons (Fsp3) is 0.300. The van der Waals surface area contributed by atoms with Crippen LogP contribution in [0, 0.1) is 16.0 Å². The van der Waals surface area contributed by atoms with Crippen LogP contribution in [0.15, 0.2) is 54.6 Å². The van der Waals surface area contributed by atoms with Crippen molar-refractivity contribution in [3.8, 4) is 0 Å². The van der Waals surface area contributed by atoms with Crippen LogP contribution in [0.25, 0.3) is 0 Å². The first-order chi connectivity index (χ1) is 13.5. The molecule has 146 valence electrons. The summed E-state index contributed by atoms with van der Waals surface area (Å²) in [7, 11) is 0. The van der Waals surface area contributed by atoms with Gasteiger partial charge < -0.3 is 15.4 Å². The van der Waals surface area contributed by atoms with E-state index in [1.807, 2.05) is 4.90 Å². The van der Waals surface area contributed by atoms with Crippen LogP contribution in [0.5, 0.6) is 0 Å². The van der Waals surface area contributed by atoms with Gasteiger partial charge in [0.2, 0.25) is 6.10 Å². The average Bonchev–Trinajstić information content (AvgIpc) is 2.72. The minimum absolute atomic E-state index is 0.0430. The number of amides is 1. The maximum atomic E-state index is 12.5. The molecule has 2 aromatic carbocycles. The van der Waals surface area contributed by atoms with E-state index in [4.69, 9.17) is 10.5 Å². The van der Waals surface area contributed by atoms with Crippen LogP contribution in [-0.2, 0) is 14.3 Å². The Kier molecular flexibility index (Phi) is 5.88. The van der Waals surface area contributed by atoms with E-state index in [1.54, 1.807) is 48.5 Å². The topological polar surface area (TPSA) is 116 Å². The van der Waals surface area contributed by atoms with Crippen LogP contribution in [0.4, 0.5) is 11.4 Å². The lowest BCUT2D eigenvalue weighted by Gasteiger charge is -2.32. The molecule has 1 amide bonds. The van der Waals surface area contributed by atoms with E-state index in [0.29, 0.717) is 37.2 Å². The summed E-state index contributed by atoms with van der Waals surface area (Å²) < 4.78 is 5.40. The summed E-state index contributed by atoms with van der Waals surface area (Å²) in [5.41, 5.74) is 6.51. The number of nitro benzene ring substituents is 1. The SMILES string of the molecule is NC(=O)C(OC(=O)C1CCN(c2ccccc2[N+](=O)[O-])CC1)c1ccccc1. The number of rotatable bonds is 6. The standard InChI is InChI=1S/C20H21N3O5/c21-19(24)18(14-6-2-1-3-7-14)28-20(25)15-10-12-22(13-11-15)16-8-4-5-9-17(16)23(26)27/h1-9,15,18H,10-13H2,(H2,21,24). The Balaban J connectivity index is 1.64. The van der Waals surface area contributed by atoms with Crippen LogP contribution in [0.1, 0.15) is 24.5 Å². The van der Waals surface area contributed by atoms with Crippen molar-refractivity contribution < 1.29 is 19.2 Å². The van der Waals surface area contributed by atoms with Gasteiger partial charge in [-0.1, -0.05) is 42.5 Å². The lowest BCUT2D eigenvalue weighted by Crippen LogP contribution is -2.38. The van der Waals surface area contributed by atoms with E-state index in [-0.39, 0.29) is 11.6 Å². The van der Waals surface area contributed by atoms with Crippen molar-refractivity contribution in [2.75, 3.05) is 18.0 Å². The van der Waals surface area contributed by atoms with Crippen LogP contribution in [0.3, 0.4) is 0 Å². The van der Waals surface area contributed by atoms with Crippen LogP contribution in [-0.4, -0.2) is 29.9 Å². The molecule has 0 saturated carbocycles. The van der Waals surface area contributed by atoms with E-state index in [1.165, 1.54) is 6.07 Å².